The fraction of sp³-hybridized carbons (Fsp3) is 0.296. The Morgan fingerprint density at radius 3 is 2.21 bits per heavy atom. The van der Waals surface area contributed by atoms with Crippen LogP contribution in [-0.2, 0) is 16.1 Å². The van der Waals surface area contributed by atoms with Crippen LogP contribution in [0.2, 0.25) is 0 Å². The van der Waals surface area contributed by atoms with Gasteiger partial charge in [-0.2, -0.15) is 0 Å². The van der Waals surface area contributed by atoms with E-state index in [0.717, 1.165) is 12.0 Å². The number of amides is 1. The molecular weight excluding hydrogens is 416 g/mol. The first-order valence-corrected chi connectivity index (χ1v) is 11.2. The molecular formula is C27H30N2O4. The normalized spacial score (nSPS) is 11.5. The van der Waals surface area contributed by atoms with Crippen molar-refractivity contribution in [1.29, 1.82) is 0 Å². The van der Waals surface area contributed by atoms with Gasteiger partial charge in [0.2, 0.25) is 0 Å². The molecule has 1 heterocycles. The van der Waals surface area contributed by atoms with Crippen molar-refractivity contribution in [3.05, 3.63) is 89.7 Å². The van der Waals surface area contributed by atoms with E-state index in [1.807, 2.05) is 36.4 Å². The maximum atomic E-state index is 13.2. The summed E-state index contributed by atoms with van der Waals surface area (Å²) < 4.78 is 10.8. The average Bonchev–Trinajstić information content (AvgIpc) is 2.86. The second-order valence-electron chi connectivity index (χ2n) is 7.77. The van der Waals surface area contributed by atoms with E-state index in [0.29, 0.717) is 36.1 Å². The summed E-state index contributed by atoms with van der Waals surface area (Å²) in [7, 11) is 0. The molecule has 0 bridgehead atoms. The van der Waals surface area contributed by atoms with Gasteiger partial charge in [0.1, 0.15) is 5.75 Å². The lowest BCUT2D eigenvalue weighted by Crippen LogP contribution is -2.34. The number of esters is 1. The maximum absolute atomic E-state index is 13.2. The van der Waals surface area contributed by atoms with Gasteiger partial charge < -0.3 is 14.4 Å². The number of carbonyl (C=O) groups excluding carboxylic acids is 2. The predicted octanol–water partition coefficient (Wildman–Crippen LogP) is 5.38. The number of rotatable bonds is 10. The Morgan fingerprint density at radius 2 is 1.61 bits per heavy atom. The van der Waals surface area contributed by atoms with Crippen molar-refractivity contribution in [2.24, 2.45) is 0 Å². The Kier molecular flexibility index (Phi) is 8.58. The van der Waals surface area contributed by atoms with Crippen LogP contribution >= 0.6 is 0 Å². The van der Waals surface area contributed by atoms with Crippen molar-refractivity contribution in [3.8, 4) is 5.75 Å². The van der Waals surface area contributed by atoms with Crippen molar-refractivity contribution in [1.82, 2.24) is 4.98 Å². The van der Waals surface area contributed by atoms with E-state index < -0.39 is 0 Å². The largest absolute Gasteiger partial charge is 0.484 e. The highest BCUT2D eigenvalue weighted by Crippen LogP contribution is 2.23. The fourth-order valence-electron chi connectivity index (χ4n) is 3.34. The molecule has 1 atom stereocenters. The van der Waals surface area contributed by atoms with Gasteiger partial charge in [0.25, 0.3) is 5.91 Å². The van der Waals surface area contributed by atoms with E-state index in [4.69, 9.17) is 9.47 Å². The molecule has 0 saturated carbocycles. The van der Waals surface area contributed by atoms with Crippen LogP contribution in [0.1, 0.15) is 54.6 Å². The highest BCUT2D eigenvalue weighted by atomic mass is 16.5. The number of nitrogens with zero attached hydrogens (tertiary/aromatic N) is 2. The maximum Gasteiger partial charge on any atom is 0.338 e. The van der Waals surface area contributed by atoms with Gasteiger partial charge in [0.15, 0.2) is 6.61 Å². The molecule has 0 aliphatic carbocycles. The Balaban J connectivity index is 1.74. The van der Waals surface area contributed by atoms with E-state index >= 15 is 0 Å². The van der Waals surface area contributed by atoms with Gasteiger partial charge in [-0.05, 0) is 78.9 Å². The third kappa shape index (κ3) is 6.65. The first kappa shape index (κ1) is 24.0. The number of hydrogen-bond donors (Lipinski definition) is 0. The van der Waals surface area contributed by atoms with Crippen molar-refractivity contribution >= 4 is 17.6 Å². The van der Waals surface area contributed by atoms with Crippen molar-refractivity contribution in [2.45, 2.75) is 39.7 Å². The Hall–Kier alpha value is -3.67. The molecule has 0 radical (unpaired) electrons. The number of benzene rings is 2. The molecule has 6 heteroatoms. The first-order valence-electron chi connectivity index (χ1n) is 11.2. The summed E-state index contributed by atoms with van der Waals surface area (Å²) in [5, 5.41) is 0. The molecule has 0 fully saturated rings. The molecule has 0 spiro atoms. The molecule has 3 aromatic rings. The van der Waals surface area contributed by atoms with Crippen LogP contribution in [0.25, 0.3) is 0 Å². The summed E-state index contributed by atoms with van der Waals surface area (Å²) in [4.78, 5) is 30.8. The fourth-order valence-corrected chi connectivity index (χ4v) is 3.34. The van der Waals surface area contributed by atoms with Gasteiger partial charge in [-0.3, -0.25) is 9.78 Å². The molecule has 33 heavy (non-hydrogen) atoms. The van der Waals surface area contributed by atoms with Crippen LogP contribution in [0, 0.1) is 0 Å². The lowest BCUT2D eigenvalue weighted by Gasteiger charge is -2.23. The van der Waals surface area contributed by atoms with E-state index in [1.54, 1.807) is 48.5 Å². The smallest absolute Gasteiger partial charge is 0.338 e. The van der Waals surface area contributed by atoms with E-state index in [-0.39, 0.29) is 18.5 Å². The van der Waals surface area contributed by atoms with Gasteiger partial charge >= 0.3 is 5.97 Å². The number of pyridine rings is 1. The van der Waals surface area contributed by atoms with Crippen LogP contribution in [0.4, 0.5) is 5.69 Å². The summed E-state index contributed by atoms with van der Waals surface area (Å²) in [6.07, 6.45) is 4.45. The minimum absolute atomic E-state index is 0.104. The molecule has 0 unspecified atom stereocenters. The van der Waals surface area contributed by atoms with Gasteiger partial charge in [-0.1, -0.05) is 26.0 Å². The first-order chi connectivity index (χ1) is 16.0. The third-order valence-corrected chi connectivity index (χ3v) is 5.51. The molecule has 1 amide bonds. The minimum atomic E-state index is -0.389. The molecule has 172 valence electrons. The summed E-state index contributed by atoms with van der Waals surface area (Å²) in [5.74, 6) is 0.549. The zero-order valence-electron chi connectivity index (χ0n) is 19.4. The molecule has 6 nitrogen and oxygen atoms in total. The number of anilines is 1. The second-order valence-corrected chi connectivity index (χ2v) is 7.77. The zero-order chi connectivity index (χ0) is 23.6. The molecule has 0 aliphatic heterocycles. The summed E-state index contributed by atoms with van der Waals surface area (Å²) in [6.45, 7) is 6.67. The lowest BCUT2D eigenvalue weighted by molar-refractivity contribution is -0.120. The Bertz CT molecular complexity index is 1030. The summed E-state index contributed by atoms with van der Waals surface area (Å²) in [5.41, 5.74) is 3.29. The van der Waals surface area contributed by atoms with E-state index in [2.05, 4.69) is 18.8 Å². The molecule has 3 rings (SSSR count). The molecule has 1 aromatic heterocycles. The van der Waals surface area contributed by atoms with Crippen LogP contribution in [0.3, 0.4) is 0 Å². The highest BCUT2D eigenvalue weighted by Gasteiger charge is 2.18. The average molecular weight is 447 g/mol. The van der Waals surface area contributed by atoms with Crippen LogP contribution in [0.15, 0.2) is 73.1 Å². The van der Waals surface area contributed by atoms with Gasteiger partial charge in [-0.25, -0.2) is 4.79 Å². The van der Waals surface area contributed by atoms with Crippen molar-refractivity contribution in [3.63, 3.8) is 0 Å². The number of ether oxygens (including phenoxy) is 2. The summed E-state index contributed by atoms with van der Waals surface area (Å²) in [6, 6.07) is 18.4. The number of aromatic nitrogens is 1. The number of hydrogen-bond acceptors (Lipinski definition) is 5. The molecule has 0 saturated heterocycles. The molecule has 0 aliphatic rings. The van der Waals surface area contributed by atoms with Gasteiger partial charge in [0.05, 0.1) is 18.7 Å². The quantitative estimate of drug-likeness (QED) is 0.391. The van der Waals surface area contributed by atoms with Crippen molar-refractivity contribution < 1.29 is 19.1 Å². The zero-order valence-corrected chi connectivity index (χ0v) is 19.4. The van der Waals surface area contributed by atoms with E-state index in [1.165, 1.54) is 5.56 Å². The second kappa shape index (κ2) is 11.8. The van der Waals surface area contributed by atoms with Crippen LogP contribution < -0.4 is 9.64 Å². The Morgan fingerprint density at radius 1 is 0.939 bits per heavy atom. The SMILES string of the molecule is CCOC(=O)c1ccc(N(Cc2ccncc2)C(=O)COc2ccc([C@H](C)CC)cc2)cc1. The monoisotopic (exact) mass is 446 g/mol. The lowest BCUT2D eigenvalue weighted by atomic mass is 9.99. The summed E-state index contributed by atoms with van der Waals surface area (Å²) >= 11 is 0. The standard InChI is InChI=1S/C27H30N2O4/c1-4-20(3)22-8-12-25(13-9-22)33-19-26(30)29(18-21-14-16-28-17-15-21)24-10-6-23(7-11-24)27(31)32-5-2/h6-17,20H,4-5,18-19H2,1-3H3/t20-/m1/s1. The van der Waals surface area contributed by atoms with Gasteiger partial charge in [-0.15, -0.1) is 0 Å². The van der Waals surface area contributed by atoms with Crippen LogP contribution in [0.5, 0.6) is 5.75 Å². The predicted molar refractivity (Wildman–Crippen MR) is 128 cm³/mol. The van der Waals surface area contributed by atoms with Crippen LogP contribution in [-0.4, -0.2) is 30.1 Å². The highest BCUT2D eigenvalue weighted by molar-refractivity contribution is 5.95. The minimum Gasteiger partial charge on any atom is -0.484 e. The van der Waals surface area contributed by atoms with E-state index in [9.17, 15) is 9.59 Å². The van der Waals surface area contributed by atoms with Gasteiger partial charge in [0, 0.05) is 18.1 Å². The van der Waals surface area contributed by atoms with Crippen molar-refractivity contribution in [2.75, 3.05) is 18.1 Å². The Labute approximate surface area is 195 Å². The molecule has 0 N–H and O–H groups in total. The third-order valence-electron chi connectivity index (χ3n) is 5.51. The number of carbonyl (C=O) groups is 2. The topological polar surface area (TPSA) is 68.7 Å². The molecule has 2 aromatic carbocycles.